The van der Waals surface area contributed by atoms with Gasteiger partial charge in [0.2, 0.25) is 11.8 Å². The number of hydrogen-bond acceptors (Lipinski definition) is 8. The number of amides is 3. The summed E-state index contributed by atoms with van der Waals surface area (Å²) < 4.78 is 5.42. The standard InChI is InChI=1S/C32H44N6O5S/c1-32(2,3)43-31(42)38-25(17-22-12-8-5-9-13-22)28(40)37-26(18-23-19-33-20-35-23)29(41)36-24(16-21-10-6-4-7-11-21)27(39)30-34-14-15-44-30/h5,8-9,12-15,19-21,24-27,39H,4,6-7,10-11,16-18H2,1-3H3,(H,33,35)(H,36,41)(H,37,40)(H,38,42)/t24?,25-,26-,27?/m0/s1. The Morgan fingerprint density at radius 3 is 2.36 bits per heavy atom. The Bertz CT molecular complexity index is 1310. The highest BCUT2D eigenvalue weighted by molar-refractivity contribution is 7.09. The van der Waals surface area contributed by atoms with Crippen LogP contribution in [0.3, 0.4) is 0 Å². The zero-order chi connectivity index (χ0) is 31.5. The summed E-state index contributed by atoms with van der Waals surface area (Å²) in [6, 6.07) is 6.69. The van der Waals surface area contributed by atoms with Crippen molar-refractivity contribution >= 4 is 29.2 Å². The third kappa shape index (κ3) is 10.4. The van der Waals surface area contributed by atoms with Gasteiger partial charge in [0.05, 0.1) is 12.4 Å². The third-order valence-electron chi connectivity index (χ3n) is 7.63. The second-order valence-corrected chi connectivity index (χ2v) is 13.3. The molecule has 4 atom stereocenters. The molecule has 0 spiro atoms. The fourth-order valence-electron chi connectivity index (χ4n) is 5.49. The van der Waals surface area contributed by atoms with Crippen molar-refractivity contribution in [2.24, 2.45) is 5.92 Å². The van der Waals surface area contributed by atoms with Gasteiger partial charge in [0, 0.05) is 36.3 Å². The number of aliphatic hydroxyl groups is 1. The van der Waals surface area contributed by atoms with Gasteiger partial charge in [-0.25, -0.2) is 14.8 Å². The molecule has 1 aliphatic carbocycles. The molecule has 2 heterocycles. The van der Waals surface area contributed by atoms with Gasteiger partial charge in [0.25, 0.3) is 0 Å². The molecule has 2 aromatic heterocycles. The van der Waals surface area contributed by atoms with E-state index in [0.717, 1.165) is 31.2 Å². The number of rotatable bonds is 13. The third-order valence-corrected chi connectivity index (χ3v) is 8.47. The number of carbonyl (C=O) groups is 3. The fourth-order valence-corrected chi connectivity index (χ4v) is 6.18. The highest BCUT2D eigenvalue weighted by Crippen LogP contribution is 2.31. The van der Waals surface area contributed by atoms with Crippen molar-refractivity contribution in [2.45, 2.75) is 102 Å². The summed E-state index contributed by atoms with van der Waals surface area (Å²) in [5, 5.41) is 22.2. The minimum atomic E-state index is -1.01. The molecule has 11 nitrogen and oxygen atoms in total. The van der Waals surface area contributed by atoms with Gasteiger partial charge in [-0.3, -0.25) is 9.59 Å². The van der Waals surface area contributed by atoms with Crippen LogP contribution in [0.1, 0.15) is 81.7 Å². The molecule has 1 aliphatic rings. The average Bonchev–Trinajstić information content (AvgIpc) is 3.71. The molecule has 1 saturated carbocycles. The van der Waals surface area contributed by atoms with E-state index in [1.54, 1.807) is 38.5 Å². The highest BCUT2D eigenvalue weighted by Gasteiger charge is 2.33. The largest absolute Gasteiger partial charge is 0.444 e. The van der Waals surface area contributed by atoms with Crippen LogP contribution in [0.5, 0.6) is 0 Å². The van der Waals surface area contributed by atoms with Crippen molar-refractivity contribution < 1.29 is 24.2 Å². The van der Waals surface area contributed by atoms with E-state index in [4.69, 9.17) is 4.74 Å². The number of benzene rings is 1. The van der Waals surface area contributed by atoms with Crippen molar-refractivity contribution in [1.29, 1.82) is 0 Å². The van der Waals surface area contributed by atoms with Crippen molar-refractivity contribution in [3.63, 3.8) is 0 Å². The first-order valence-electron chi connectivity index (χ1n) is 15.3. The molecule has 0 bridgehead atoms. The van der Waals surface area contributed by atoms with Gasteiger partial charge < -0.3 is 30.8 Å². The quantitative estimate of drug-likeness (QED) is 0.191. The summed E-state index contributed by atoms with van der Waals surface area (Å²) in [6.45, 7) is 5.23. The monoisotopic (exact) mass is 624 g/mol. The maximum atomic E-state index is 13.9. The number of hydrogen-bond donors (Lipinski definition) is 5. The van der Waals surface area contributed by atoms with E-state index in [0.29, 0.717) is 23.0 Å². The van der Waals surface area contributed by atoms with E-state index in [-0.39, 0.29) is 12.8 Å². The number of imidazole rings is 1. The molecule has 5 N–H and O–H groups in total. The minimum Gasteiger partial charge on any atom is -0.444 e. The lowest BCUT2D eigenvalue weighted by atomic mass is 9.83. The van der Waals surface area contributed by atoms with Crippen molar-refractivity contribution in [2.75, 3.05) is 0 Å². The van der Waals surface area contributed by atoms with Gasteiger partial charge in [0.15, 0.2) is 0 Å². The van der Waals surface area contributed by atoms with Crippen LogP contribution in [0.25, 0.3) is 0 Å². The molecule has 238 valence electrons. The Morgan fingerprint density at radius 1 is 1.02 bits per heavy atom. The summed E-state index contributed by atoms with van der Waals surface area (Å²) >= 11 is 1.34. The van der Waals surface area contributed by atoms with E-state index >= 15 is 0 Å². The molecule has 3 aromatic rings. The van der Waals surface area contributed by atoms with Crippen LogP contribution in [0.15, 0.2) is 54.4 Å². The lowest BCUT2D eigenvalue weighted by Crippen LogP contribution is -2.57. The molecular formula is C32H44N6O5S. The van der Waals surface area contributed by atoms with E-state index in [2.05, 4.69) is 30.9 Å². The Balaban J connectivity index is 1.54. The Labute approximate surface area is 262 Å². The molecule has 2 unspecified atom stereocenters. The number of thiazole rings is 1. The number of ether oxygens (including phenoxy) is 1. The number of aliphatic hydroxyl groups excluding tert-OH is 1. The fraction of sp³-hybridized carbons (Fsp3) is 0.531. The zero-order valence-electron chi connectivity index (χ0n) is 25.6. The Morgan fingerprint density at radius 2 is 1.73 bits per heavy atom. The van der Waals surface area contributed by atoms with Crippen LogP contribution >= 0.6 is 11.3 Å². The van der Waals surface area contributed by atoms with Crippen LogP contribution in [-0.2, 0) is 27.2 Å². The summed E-state index contributed by atoms with van der Waals surface area (Å²) in [7, 11) is 0. The second kappa shape index (κ2) is 15.8. The van der Waals surface area contributed by atoms with Crippen LogP contribution < -0.4 is 16.0 Å². The van der Waals surface area contributed by atoms with Gasteiger partial charge in [-0.2, -0.15) is 0 Å². The predicted octanol–water partition coefficient (Wildman–Crippen LogP) is 4.22. The molecule has 4 rings (SSSR count). The summed E-state index contributed by atoms with van der Waals surface area (Å²) in [4.78, 5) is 51.8. The number of H-pyrrole nitrogens is 1. The molecule has 1 aromatic carbocycles. The topological polar surface area (TPSA) is 158 Å². The zero-order valence-corrected chi connectivity index (χ0v) is 26.4. The molecule has 12 heteroatoms. The second-order valence-electron chi connectivity index (χ2n) is 12.4. The maximum absolute atomic E-state index is 13.9. The van der Waals surface area contributed by atoms with Crippen LogP contribution in [0.2, 0.25) is 0 Å². The van der Waals surface area contributed by atoms with Gasteiger partial charge in [0.1, 0.15) is 28.8 Å². The van der Waals surface area contributed by atoms with Crippen molar-refractivity contribution in [3.05, 3.63) is 70.7 Å². The van der Waals surface area contributed by atoms with Crippen molar-refractivity contribution in [1.82, 2.24) is 30.9 Å². The minimum absolute atomic E-state index is 0.131. The molecule has 3 amide bonds. The molecule has 1 fully saturated rings. The molecular weight excluding hydrogens is 580 g/mol. The summed E-state index contributed by atoms with van der Waals surface area (Å²) in [5.74, 6) is -0.610. The van der Waals surface area contributed by atoms with Crippen LogP contribution in [0, 0.1) is 5.92 Å². The number of nitrogens with one attached hydrogen (secondary N) is 4. The smallest absolute Gasteiger partial charge is 0.408 e. The van der Waals surface area contributed by atoms with Gasteiger partial charge in [-0.05, 0) is 38.7 Å². The van der Waals surface area contributed by atoms with Gasteiger partial charge >= 0.3 is 6.09 Å². The molecule has 44 heavy (non-hydrogen) atoms. The maximum Gasteiger partial charge on any atom is 0.408 e. The number of nitrogens with zero attached hydrogens (tertiary/aromatic N) is 2. The average molecular weight is 625 g/mol. The first-order valence-corrected chi connectivity index (χ1v) is 16.1. The summed E-state index contributed by atoms with van der Waals surface area (Å²) in [5.41, 5.74) is 0.721. The molecule has 0 aliphatic heterocycles. The molecule has 0 saturated heterocycles. The lowest BCUT2D eigenvalue weighted by molar-refractivity contribution is -0.131. The van der Waals surface area contributed by atoms with Crippen LogP contribution in [-0.4, -0.2) is 61.7 Å². The van der Waals surface area contributed by atoms with E-state index in [1.807, 2.05) is 30.3 Å². The number of carbonyl (C=O) groups excluding carboxylic acids is 3. The SMILES string of the molecule is CC(C)(C)OC(=O)N[C@@H](Cc1ccccc1)C(=O)N[C@@H](Cc1cnc[nH]1)C(=O)NC(CC1CCCCC1)C(O)c1nccs1. The van der Waals surface area contributed by atoms with Crippen molar-refractivity contribution in [3.8, 4) is 0 Å². The number of aromatic amines is 1. The Hall–Kier alpha value is -3.77. The molecule has 0 radical (unpaired) electrons. The summed E-state index contributed by atoms with van der Waals surface area (Å²) in [6.07, 6.45) is 9.49. The normalized spacial score (nSPS) is 16.7. The van der Waals surface area contributed by atoms with E-state index < -0.39 is 47.7 Å². The first kappa shape index (κ1) is 33.1. The number of aromatic nitrogens is 3. The van der Waals surface area contributed by atoms with Gasteiger partial charge in [-0.1, -0.05) is 62.4 Å². The van der Waals surface area contributed by atoms with E-state index in [1.165, 1.54) is 24.1 Å². The van der Waals surface area contributed by atoms with Crippen LogP contribution in [0.4, 0.5) is 4.79 Å². The predicted molar refractivity (Wildman–Crippen MR) is 168 cm³/mol. The van der Waals surface area contributed by atoms with E-state index in [9.17, 15) is 19.5 Å². The number of alkyl carbamates (subject to hydrolysis) is 1. The highest BCUT2D eigenvalue weighted by atomic mass is 32.1. The van der Waals surface area contributed by atoms with Gasteiger partial charge in [-0.15, -0.1) is 11.3 Å². The Kier molecular flexibility index (Phi) is 11.9. The first-order chi connectivity index (χ1) is 21.1. The lowest BCUT2D eigenvalue weighted by Gasteiger charge is -2.31.